The molecule has 18 heavy (non-hydrogen) atoms. The second kappa shape index (κ2) is 5.16. The molecule has 4 N–H and O–H groups in total. The van der Waals surface area contributed by atoms with Crippen LogP contribution in [0.1, 0.15) is 42.5 Å². The molecular formula is C13H17NO4. The van der Waals surface area contributed by atoms with Crippen molar-refractivity contribution in [1.82, 2.24) is 0 Å². The van der Waals surface area contributed by atoms with Gasteiger partial charge in [0.15, 0.2) is 11.5 Å². The summed E-state index contributed by atoms with van der Waals surface area (Å²) in [7, 11) is 0. The summed E-state index contributed by atoms with van der Waals surface area (Å²) in [6.07, 6.45) is 5.46. The average Bonchev–Trinajstić information content (AvgIpc) is 2.35. The van der Waals surface area contributed by atoms with Crippen LogP contribution in [0.4, 0.5) is 5.69 Å². The van der Waals surface area contributed by atoms with Gasteiger partial charge in [-0.3, -0.25) is 0 Å². The van der Waals surface area contributed by atoms with Crippen molar-refractivity contribution in [1.29, 1.82) is 0 Å². The number of phenolic OH excluding ortho intramolecular Hbond substituents is 2. The van der Waals surface area contributed by atoms with E-state index in [9.17, 15) is 15.0 Å². The SMILES string of the molecule is O=C(O)c1cc(O)c(O)c(NC2CCCCC2)c1. The minimum atomic E-state index is -1.13. The highest BCUT2D eigenvalue weighted by molar-refractivity contribution is 5.90. The van der Waals surface area contributed by atoms with Gasteiger partial charge in [-0.25, -0.2) is 4.79 Å². The third kappa shape index (κ3) is 2.67. The summed E-state index contributed by atoms with van der Waals surface area (Å²) in [6, 6.07) is 2.63. The Morgan fingerprint density at radius 1 is 1.17 bits per heavy atom. The zero-order chi connectivity index (χ0) is 13.1. The topological polar surface area (TPSA) is 89.8 Å². The molecular weight excluding hydrogens is 234 g/mol. The number of hydrogen-bond acceptors (Lipinski definition) is 4. The van der Waals surface area contributed by atoms with Crippen molar-refractivity contribution in [3.8, 4) is 11.5 Å². The molecule has 0 bridgehead atoms. The molecule has 0 saturated heterocycles. The molecule has 0 heterocycles. The lowest BCUT2D eigenvalue weighted by Gasteiger charge is -2.24. The maximum absolute atomic E-state index is 10.9. The largest absolute Gasteiger partial charge is 0.504 e. The summed E-state index contributed by atoms with van der Waals surface area (Å²) in [6.45, 7) is 0. The fraction of sp³-hybridized carbons (Fsp3) is 0.462. The Kier molecular flexibility index (Phi) is 3.60. The Bertz CT molecular complexity index is 453. The summed E-state index contributed by atoms with van der Waals surface area (Å²) >= 11 is 0. The second-order valence-electron chi connectivity index (χ2n) is 4.68. The minimum Gasteiger partial charge on any atom is -0.504 e. The summed E-state index contributed by atoms with van der Waals surface area (Å²) in [5.41, 5.74) is 0.253. The number of aromatic hydroxyl groups is 2. The second-order valence-corrected chi connectivity index (χ2v) is 4.68. The zero-order valence-corrected chi connectivity index (χ0v) is 10.0. The molecule has 0 amide bonds. The maximum Gasteiger partial charge on any atom is 0.335 e. The molecule has 1 aromatic carbocycles. The smallest absolute Gasteiger partial charge is 0.335 e. The van der Waals surface area contributed by atoms with Crippen molar-refractivity contribution in [2.45, 2.75) is 38.1 Å². The van der Waals surface area contributed by atoms with Gasteiger partial charge in [-0.1, -0.05) is 19.3 Å². The van der Waals surface area contributed by atoms with Crippen molar-refractivity contribution >= 4 is 11.7 Å². The normalized spacial score (nSPS) is 16.4. The first kappa shape index (κ1) is 12.5. The number of nitrogens with one attached hydrogen (secondary N) is 1. The van der Waals surface area contributed by atoms with Gasteiger partial charge in [0.05, 0.1) is 11.3 Å². The maximum atomic E-state index is 10.9. The summed E-state index contributed by atoms with van der Waals surface area (Å²) < 4.78 is 0. The van der Waals surface area contributed by atoms with E-state index < -0.39 is 11.7 Å². The van der Waals surface area contributed by atoms with Gasteiger partial charge in [0.2, 0.25) is 0 Å². The van der Waals surface area contributed by atoms with Crippen molar-refractivity contribution < 1.29 is 20.1 Å². The predicted octanol–water partition coefficient (Wildman–Crippen LogP) is 2.54. The highest BCUT2D eigenvalue weighted by Crippen LogP contribution is 2.36. The minimum absolute atomic E-state index is 0.0383. The van der Waals surface area contributed by atoms with Gasteiger partial charge in [0, 0.05) is 6.04 Å². The molecule has 1 aliphatic rings. The Morgan fingerprint density at radius 3 is 2.44 bits per heavy atom. The van der Waals surface area contributed by atoms with E-state index in [0.29, 0.717) is 5.69 Å². The van der Waals surface area contributed by atoms with Gasteiger partial charge < -0.3 is 20.6 Å². The Labute approximate surface area is 105 Å². The van der Waals surface area contributed by atoms with E-state index >= 15 is 0 Å². The molecule has 0 aliphatic heterocycles. The number of phenols is 2. The number of rotatable bonds is 3. The third-order valence-electron chi connectivity index (χ3n) is 3.30. The predicted molar refractivity (Wildman–Crippen MR) is 67.2 cm³/mol. The molecule has 0 radical (unpaired) electrons. The van der Waals surface area contributed by atoms with Gasteiger partial charge in [0.25, 0.3) is 0 Å². The molecule has 98 valence electrons. The molecule has 5 nitrogen and oxygen atoms in total. The Morgan fingerprint density at radius 2 is 1.83 bits per heavy atom. The van der Waals surface area contributed by atoms with Crippen molar-refractivity contribution in [3.05, 3.63) is 17.7 Å². The van der Waals surface area contributed by atoms with Crippen LogP contribution in [-0.4, -0.2) is 27.3 Å². The lowest BCUT2D eigenvalue weighted by Crippen LogP contribution is -2.22. The highest BCUT2D eigenvalue weighted by Gasteiger charge is 2.18. The summed E-state index contributed by atoms with van der Waals surface area (Å²) in [4.78, 5) is 10.9. The van der Waals surface area contributed by atoms with Gasteiger partial charge in [0.1, 0.15) is 0 Å². The molecule has 0 atom stereocenters. The monoisotopic (exact) mass is 251 g/mol. The molecule has 0 aromatic heterocycles. The summed E-state index contributed by atoms with van der Waals surface area (Å²) in [5, 5.41) is 31.3. The number of benzene rings is 1. The van der Waals surface area contributed by atoms with Crippen LogP contribution >= 0.6 is 0 Å². The van der Waals surface area contributed by atoms with E-state index in [1.165, 1.54) is 12.5 Å². The number of aromatic carboxylic acids is 1. The molecule has 1 aromatic rings. The van der Waals surface area contributed by atoms with Crippen LogP contribution in [0.15, 0.2) is 12.1 Å². The number of carboxylic acid groups (broad SMARTS) is 1. The molecule has 0 spiro atoms. The third-order valence-corrected chi connectivity index (χ3v) is 3.30. The quantitative estimate of drug-likeness (QED) is 0.620. The van der Waals surface area contributed by atoms with Crippen LogP contribution in [0.3, 0.4) is 0 Å². The van der Waals surface area contributed by atoms with Gasteiger partial charge in [-0.15, -0.1) is 0 Å². The molecule has 1 fully saturated rings. The van der Waals surface area contributed by atoms with Crippen LogP contribution in [0.5, 0.6) is 11.5 Å². The van der Waals surface area contributed by atoms with E-state index in [0.717, 1.165) is 31.7 Å². The number of carboxylic acids is 1. The average molecular weight is 251 g/mol. The van der Waals surface area contributed by atoms with Crippen molar-refractivity contribution in [3.63, 3.8) is 0 Å². The summed E-state index contributed by atoms with van der Waals surface area (Å²) in [5.74, 6) is -1.82. The van der Waals surface area contributed by atoms with Crippen LogP contribution in [0, 0.1) is 0 Å². The molecule has 1 aliphatic carbocycles. The van der Waals surface area contributed by atoms with Crippen molar-refractivity contribution in [2.75, 3.05) is 5.32 Å². The van der Waals surface area contributed by atoms with Crippen LogP contribution in [0.2, 0.25) is 0 Å². The lowest BCUT2D eigenvalue weighted by atomic mass is 9.95. The Balaban J connectivity index is 2.22. The number of anilines is 1. The van der Waals surface area contributed by atoms with E-state index in [4.69, 9.17) is 5.11 Å². The number of carbonyl (C=O) groups is 1. The van der Waals surface area contributed by atoms with E-state index in [-0.39, 0.29) is 17.4 Å². The Hall–Kier alpha value is -1.91. The first-order valence-electron chi connectivity index (χ1n) is 6.13. The van der Waals surface area contributed by atoms with E-state index in [1.807, 2.05) is 0 Å². The standard InChI is InChI=1S/C13H17NO4/c15-11-7-8(13(17)18)6-10(12(11)16)14-9-4-2-1-3-5-9/h6-7,9,14-16H,1-5H2,(H,17,18). The van der Waals surface area contributed by atoms with E-state index in [1.54, 1.807) is 0 Å². The fourth-order valence-corrected chi connectivity index (χ4v) is 2.32. The van der Waals surface area contributed by atoms with Gasteiger partial charge >= 0.3 is 5.97 Å². The number of hydrogen-bond donors (Lipinski definition) is 4. The first-order valence-corrected chi connectivity index (χ1v) is 6.13. The highest BCUT2D eigenvalue weighted by atomic mass is 16.4. The lowest BCUT2D eigenvalue weighted by molar-refractivity contribution is 0.0696. The zero-order valence-electron chi connectivity index (χ0n) is 10.0. The molecule has 2 rings (SSSR count). The van der Waals surface area contributed by atoms with E-state index in [2.05, 4.69) is 5.32 Å². The van der Waals surface area contributed by atoms with Gasteiger partial charge in [-0.05, 0) is 25.0 Å². The molecule has 5 heteroatoms. The fourth-order valence-electron chi connectivity index (χ4n) is 2.32. The van der Waals surface area contributed by atoms with Gasteiger partial charge in [-0.2, -0.15) is 0 Å². The van der Waals surface area contributed by atoms with Crippen LogP contribution < -0.4 is 5.32 Å². The first-order chi connectivity index (χ1) is 8.58. The molecule has 0 unspecified atom stereocenters. The van der Waals surface area contributed by atoms with Crippen LogP contribution in [0.25, 0.3) is 0 Å². The van der Waals surface area contributed by atoms with Crippen LogP contribution in [-0.2, 0) is 0 Å². The molecule has 1 saturated carbocycles. The van der Waals surface area contributed by atoms with Crippen molar-refractivity contribution in [2.24, 2.45) is 0 Å².